The minimum Gasteiger partial charge on any atom is -0.291 e. The highest BCUT2D eigenvalue weighted by Gasteiger charge is 2.29. The van der Waals surface area contributed by atoms with Crippen LogP contribution in [0.5, 0.6) is 0 Å². The van der Waals surface area contributed by atoms with Gasteiger partial charge in [-0.2, -0.15) is 5.10 Å². The fourth-order valence-electron chi connectivity index (χ4n) is 1.90. The average Bonchev–Trinajstić information content (AvgIpc) is 3.20. The van der Waals surface area contributed by atoms with Gasteiger partial charge in [-0.3, -0.25) is 10.2 Å². The summed E-state index contributed by atoms with van der Waals surface area (Å²) in [5.41, 5.74) is 6.60. The zero-order valence-electron chi connectivity index (χ0n) is 10.8. The lowest BCUT2D eigenvalue weighted by atomic mass is 10.3. The molecule has 1 aromatic heterocycles. The van der Waals surface area contributed by atoms with E-state index in [1.54, 1.807) is 30.5 Å². The van der Waals surface area contributed by atoms with Crippen molar-refractivity contribution in [1.29, 1.82) is 0 Å². The number of hydrogen-bond donors (Lipinski definition) is 2. The van der Waals surface area contributed by atoms with E-state index in [-0.39, 0.29) is 17.6 Å². The number of aromatic nitrogens is 2. The summed E-state index contributed by atoms with van der Waals surface area (Å²) in [6.45, 7) is 0.403. The van der Waals surface area contributed by atoms with Gasteiger partial charge in [0.05, 0.1) is 12.2 Å². The van der Waals surface area contributed by atoms with Gasteiger partial charge in [-0.25, -0.2) is 14.5 Å². The highest BCUT2D eigenvalue weighted by Crippen LogP contribution is 2.28. The minimum atomic E-state index is -0.322. The lowest BCUT2D eigenvalue weighted by Gasteiger charge is -2.05. The molecule has 1 saturated carbocycles. The number of hydrazine groups is 1. The molecule has 0 aliphatic heterocycles. The second kappa shape index (κ2) is 5.42. The summed E-state index contributed by atoms with van der Waals surface area (Å²) in [6.07, 6.45) is 3.63. The van der Waals surface area contributed by atoms with Crippen LogP contribution in [-0.2, 0) is 11.3 Å². The third kappa shape index (κ3) is 2.85. The molecule has 0 spiro atoms. The Balaban J connectivity index is 1.59. The summed E-state index contributed by atoms with van der Waals surface area (Å²) in [5, 5.41) is 4.26. The third-order valence-corrected chi connectivity index (χ3v) is 3.17. The Morgan fingerprint density at radius 1 is 1.35 bits per heavy atom. The molecule has 0 unspecified atom stereocenters. The first-order valence-electron chi connectivity index (χ1n) is 6.56. The lowest BCUT2D eigenvalue weighted by molar-refractivity contribution is -0.123. The zero-order chi connectivity index (χ0) is 13.9. The van der Waals surface area contributed by atoms with Crippen LogP contribution in [0.2, 0.25) is 0 Å². The first-order valence-corrected chi connectivity index (χ1v) is 6.56. The molecule has 5 nitrogen and oxygen atoms in total. The number of amides is 1. The number of carbonyl (C=O) groups is 1. The van der Waals surface area contributed by atoms with E-state index in [4.69, 9.17) is 0 Å². The van der Waals surface area contributed by atoms with Crippen LogP contribution < -0.4 is 10.9 Å². The van der Waals surface area contributed by atoms with Crippen LogP contribution in [0.15, 0.2) is 36.5 Å². The number of halogens is 1. The summed E-state index contributed by atoms with van der Waals surface area (Å²) in [7, 11) is 0. The molecule has 0 bridgehead atoms. The van der Waals surface area contributed by atoms with Crippen molar-refractivity contribution in [1.82, 2.24) is 20.6 Å². The minimum absolute atomic E-state index is 0.0264. The largest absolute Gasteiger partial charge is 0.291 e. The fourth-order valence-corrected chi connectivity index (χ4v) is 1.90. The predicted molar refractivity (Wildman–Crippen MR) is 71.2 cm³/mol. The van der Waals surface area contributed by atoms with Gasteiger partial charge in [-0.1, -0.05) is 12.1 Å². The molecule has 1 aliphatic carbocycles. The number of para-hydroxylation sites is 1. The van der Waals surface area contributed by atoms with Gasteiger partial charge in [0.2, 0.25) is 5.91 Å². The van der Waals surface area contributed by atoms with Crippen LogP contribution in [0.25, 0.3) is 5.69 Å². The Bertz CT molecular complexity index is 621. The molecule has 6 heteroatoms. The Labute approximate surface area is 115 Å². The molecule has 0 radical (unpaired) electrons. The van der Waals surface area contributed by atoms with Crippen molar-refractivity contribution < 1.29 is 9.18 Å². The van der Waals surface area contributed by atoms with Gasteiger partial charge in [0.15, 0.2) is 0 Å². The maximum Gasteiger partial charge on any atom is 0.237 e. The van der Waals surface area contributed by atoms with Crippen LogP contribution in [0.1, 0.15) is 18.5 Å². The van der Waals surface area contributed by atoms with Crippen molar-refractivity contribution in [2.75, 3.05) is 0 Å². The molecule has 1 heterocycles. The maximum atomic E-state index is 13.6. The molecule has 1 amide bonds. The molecule has 1 aromatic carbocycles. The van der Waals surface area contributed by atoms with E-state index in [1.807, 2.05) is 0 Å². The molecule has 0 saturated heterocycles. The zero-order valence-corrected chi connectivity index (χ0v) is 10.8. The molecule has 20 heavy (non-hydrogen) atoms. The quantitative estimate of drug-likeness (QED) is 0.813. The van der Waals surface area contributed by atoms with Crippen molar-refractivity contribution in [3.05, 3.63) is 48.0 Å². The number of hydrogen-bond acceptors (Lipinski definition) is 3. The van der Waals surface area contributed by atoms with Crippen LogP contribution in [0.3, 0.4) is 0 Å². The summed E-state index contributed by atoms with van der Waals surface area (Å²) in [6, 6.07) is 8.23. The summed E-state index contributed by atoms with van der Waals surface area (Å²) in [4.78, 5) is 11.4. The van der Waals surface area contributed by atoms with Gasteiger partial charge in [0, 0.05) is 12.1 Å². The summed E-state index contributed by atoms with van der Waals surface area (Å²) < 4.78 is 15.1. The van der Waals surface area contributed by atoms with Gasteiger partial charge < -0.3 is 0 Å². The van der Waals surface area contributed by atoms with Gasteiger partial charge in [-0.15, -0.1) is 0 Å². The van der Waals surface area contributed by atoms with E-state index in [1.165, 1.54) is 10.7 Å². The SMILES string of the molecule is O=C(NNCc1ccn(-c2ccccc2F)n1)C1CC1. The van der Waals surface area contributed by atoms with E-state index >= 15 is 0 Å². The molecular weight excluding hydrogens is 259 g/mol. The topological polar surface area (TPSA) is 59.0 Å². The van der Waals surface area contributed by atoms with Gasteiger partial charge in [0.25, 0.3) is 0 Å². The predicted octanol–water partition coefficient (Wildman–Crippen LogP) is 1.54. The van der Waals surface area contributed by atoms with Gasteiger partial charge >= 0.3 is 0 Å². The van der Waals surface area contributed by atoms with E-state index in [0.29, 0.717) is 12.2 Å². The average molecular weight is 274 g/mol. The maximum absolute atomic E-state index is 13.6. The summed E-state index contributed by atoms with van der Waals surface area (Å²) >= 11 is 0. The third-order valence-electron chi connectivity index (χ3n) is 3.17. The monoisotopic (exact) mass is 274 g/mol. The van der Waals surface area contributed by atoms with Crippen LogP contribution in [0.4, 0.5) is 4.39 Å². The van der Waals surface area contributed by atoms with Crippen molar-refractivity contribution in [3.63, 3.8) is 0 Å². The van der Waals surface area contributed by atoms with Crippen molar-refractivity contribution in [2.45, 2.75) is 19.4 Å². The van der Waals surface area contributed by atoms with Crippen molar-refractivity contribution in [2.24, 2.45) is 5.92 Å². The molecule has 2 aromatic rings. The van der Waals surface area contributed by atoms with Crippen LogP contribution >= 0.6 is 0 Å². The van der Waals surface area contributed by atoms with Crippen LogP contribution in [0, 0.1) is 11.7 Å². The van der Waals surface area contributed by atoms with Gasteiger partial charge in [0.1, 0.15) is 11.5 Å². The lowest BCUT2D eigenvalue weighted by Crippen LogP contribution is -2.37. The Morgan fingerprint density at radius 3 is 2.90 bits per heavy atom. The fraction of sp³-hybridized carbons (Fsp3) is 0.286. The highest BCUT2D eigenvalue weighted by atomic mass is 19.1. The molecule has 1 aliphatic rings. The van der Waals surface area contributed by atoms with Crippen molar-refractivity contribution >= 4 is 5.91 Å². The second-order valence-corrected chi connectivity index (χ2v) is 4.82. The molecule has 0 atom stereocenters. The van der Waals surface area contributed by atoms with E-state index in [0.717, 1.165) is 18.5 Å². The Kier molecular flexibility index (Phi) is 3.47. The molecule has 2 N–H and O–H groups in total. The first kappa shape index (κ1) is 12.8. The normalized spacial score (nSPS) is 14.2. The first-order chi connectivity index (χ1) is 9.74. The second-order valence-electron chi connectivity index (χ2n) is 4.82. The summed E-state index contributed by atoms with van der Waals surface area (Å²) in [5.74, 6) is -0.130. The van der Waals surface area contributed by atoms with Gasteiger partial charge in [-0.05, 0) is 31.0 Å². The Morgan fingerprint density at radius 2 is 2.15 bits per heavy atom. The van der Waals surface area contributed by atoms with Crippen LogP contribution in [-0.4, -0.2) is 15.7 Å². The number of carbonyl (C=O) groups excluding carboxylic acids is 1. The van der Waals surface area contributed by atoms with E-state index in [9.17, 15) is 9.18 Å². The molecular formula is C14H15FN4O. The number of benzene rings is 1. The Hall–Kier alpha value is -2.21. The van der Waals surface area contributed by atoms with Crippen molar-refractivity contribution in [3.8, 4) is 5.69 Å². The van der Waals surface area contributed by atoms with E-state index in [2.05, 4.69) is 16.0 Å². The standard InChI is InChI=1S/C14H15FN4O/c15-12-3-1-2-4-13(12)19-8-7-11(18-19)9-16-17-14(20)10-5-6-10/h1-4,7-8,10,16H,5-6,9H2,(H,17,20). The molecule has 3 rings (SSSR count). The number of nitrogens with zero attached hydrogens (tertiary/aromatic N) is 2. The molecule has 1 fully saturated rings. The number of nitrogens with one attached hydrogen (secondary N) is 2. The van der Waals surface area contributed by atoms with E-state index < -0.39 is 0 Å². The number of rotatable bonds is 5. The molecule has 104 valence electrons. The highest BCUT2D eigenvalue weighted by molar-refractivity contribution is 5.80. The smallest absolute Gasteiger partial charge is 0.237 e.